The van der Waals surface area contributed by atoms with E-state index in [1.807, 2.05) is 48.6 Å². The minimum absolute atomic E-state index is 0. The third-order valence-corrected chi connectivity index (χ3v) is 5.24. The molecule has 0 aliphatic carbocycles. The Labute approximate surface area is 204 Å². The summed E-state index contributed by atoms with van der Waals surface area (Å²) in [6, 6.07) is 0. The van der Waals surface area contributed by atoms with Crippen LogP contribution in [0.1, 0.15) is 0 Å². The zero-order valence-corrected chi connectivity index (χ0v) is 21.0. The Morgan fingerprint density at radius 1 is 0.344 bits per heavy atom. The van der Waals surface area contributed by atoms with Gasteiger partial charge in [-0.05, 0) is 0 Å². The van der Waals surface area contributed by atoms with Crippen LogP contribution in [-0.4, -0.2) is 69.6 Å². The maximum atomic E-state index is 3.73. The predicted molar refractivity (Wildman–Crippen MR) is 148 cm³/mol. The standard InChI is InChI=1S/2C12H20N2S.2FH/c2*1-5-9-13(10-6-2)15-14(11-7-3)12-8-4;;/h2*5-8H,1-4,9-12H2;2*1H. The van der Waals surface area contributed by atoms with Gasteiger partial charge in [-0.15, -0.1) is 52.6 Å². The molecule has 0 aliphatic heterocycles. The summed E-state index contributed by atoms with van der Waals surface area (Å²) in [5.74, 6) is 0. The molecular weight excluding hydrogens is 446 g/mol. The van der Waals surface area contributed by atoms with Crippen LogP contribution >= 0.6 is 24.3 Å². The molecule has 0 fully saturated rings. The molecule has 0 aliphatic rings. The molecule has 0 heterocycles. The predicted octanol–water partition coefficient (Wildman–Crippen LogP) is 6.10. The average Bonchev–Trinajstić information content (AvgIpc) is 2.70. The van der Waals surface area contributed by atoms with E-state index in [-0.39, 0.29) is 9.41 Å². The first-order valence-electron chi connectivity index (χ1n) is 9.79. The number of hydrogen-bond acceptors (Lipinski definition) is 6. The van der Waals surface area contributed by atoms with E-state index in [1.54, 1.807) is 24.3 Å². The van der Waals surface area contributed by atoms with Gasteiger partial charge < -0.3 is 0 Å². The first kappa shape index (κ1) is 37.6. The van der Waals surface area contributed by atoms with Crippen molar-refractivity contribution in [3.63, 3.8) is 0 Å². The minimum atomic E-state index is 0. The fourth-order valence-corrected chi connectivity index (χ4v) is 4.07. The largest absolute Gasteiger partial charge is 0.269 e. The maximum absolute atomic E-state index is 3.73. The highest BCUT2D eigenvalue weighted by molar-refractivity contribution is 7.94. The number of halogens is 2. The second-order valence-electron chi connectivity index (χ2n) is 5.86. The molecule has 0 N–H and O–H groups in total. The molecule has 0 saturated heterocycles. The van der Waals surface area contributed by atoms with E-state index in [1.165, 1.54) is 0 Å². The Kier molecular flexibility index (Phi) is 34.5. The van der Waals surface area contributed by atoms with Crippen LogP contribution in [0.2, 0.25) is 0 Å². The molecule has 32 heavy (non-hydrogen) atoms. The van der Waals surface area contributed by atoms with E-state index < -0.39 is 0 Å². The summed E-state index contributed by atoms with van der Waals surface area (Å²) in [5, 5.41) is 0. The zero-order chi connectivity index (χ0) is 23.0. The zero-order valence-electron chi connectivity index (χ0n) is 19.4. The van der Waals surface area contributed by atoms with Crippen molar-refractivity contribution in [2.75, 3.05) is 52.4 Å². The number of nitrogens with zero attached hydrogens (tertiary/aromatic N) is 4. The molecule has 184 valence electrons. The van der Waals surface area contributed by atoms with Gasteiger partial charge >= 0.3 is 0 Å². The van der Waals surface area contributed by atoms with E-state index in [2.05, 4.69) is 69.9 Å². The monoisotopic (exact) mass is 488 g/mol. The number of rotatable bonds is 20. The molecule has 0 atom stereocenters. The van der Waals surface area contributed by atoms with Crippen LogP contribution in [0.5, 0.6) is 0 Å². The average molecular weight is 489 g/mol. The Morgan fingerprint density at radius 3 is 0.562 bits per heavy atom. The highest BCUT2D eigenvalue weighted by Gasteiger charge is 2.08. The molecule has 0 aromatic heterocycles. The SMILES string of the molecule is C=CCN(CC=C)SN(CC=C)CC=C.C=CCN(CC=C)SN(CC=C)CC=C.F.F. The van der Waals surface area contributed by atoms with E-state index in [9.17, 15) is 0 Å². The highest BCUT2D eigenvalue weighted by atomic mass is 32.2. The summed E-state index contributed by atoms with van der Waals surface area (Å²) in [5.41, 5.74) is 0. The normalized spacial score (nSPS) is 9.62. The van der Waals surface area contributed by atoms with Crippen molar-refractivity contribution in [3.05, 3.63) is 101 Å². The Balaban J connectivity index is -0.000000231. The lowest BCUT2D eigenvalue weighted by Crippen LogP contribution is -2.26. The van der Waals surface area contributed by atoms with E-state index in [4.69, 9.17) is 0 Å². The van der Waals surface area contributed by atoms with Crippen LogP contribution in [0.15, 0.2) is 101 Å². The molecular formula is C24H42F2N4S2. The second-order valence-corrected chi connectivity index (χ2v) is 8.25. The molecule has 0 aromatic rings. The molecule has 0 bridgehead atoms. The van der Waals surface area contributed by atoms with Crippen molar-refractivity contribution >= 4 is 24.3 Å². The molecule has 0 rings (SSSR count). The van der Waals surface area contributed by atoms with Gasteiger partial charge in [0, 0.05) is 76.6 Å². The lowest BCUT2D eigenvalue weighted by molar-refractivity contribution is 0.504. The van der Waals surface area contributed by atoms with Gasteiger partial charge in [-0.1, -0.05) is 48.6 Å². The van der Waals surface area contributed by atoms with E-state index >= 15 is 0 Å². The third kappa shape index (κ3) is 23.0. The third-order valence-electron chi connectivity index (χ3n) is 3.12. The van der Waals surface area contributed by atoms with Crippen molar-refractivity contribution in [1.82, 2.24) is 17.2 Å². The molecule has 0 amide bonds. The van der Waals surface area contributed by atoms with Gasteiger partial charge in [-0.3, -0.25) is 9.41 Å². The van der Waals surface area contributed by atoms with Gasteiger partial charge in [0.25, 0.3) is 0 Å². The molecule has 0 unspecified atom stereocenters. The van der Waals surface area contributed by atoms with E-state index in [0.717, 1.165) is 52.4 Å². The lowest BCUT2D eigenvalue weighted by Gasteiger charge is -2.25. The quantitative estimate of drug-likeness (QED) is 0.151. The van der Waals surface area contributed by atoms with Crippen LogP contribution in [-0.2, 0) is 0 Å². The summed E-state index contributed by atoms with van der Waals surface area (Å²) in [7, 11) is 0. The Hall–Kier alpha value is -1.68. The van der Waals surface area contributed by atoms with E-state index in [0.29, 0.717) is 0 Å². The maximum Gasteiger partial charge on any atom is 0.0283 e. The van der Waals surface area contributed by atoms with Crippen LogP contribution in [0.4, 0.5) is 9.41 Å². The topological polar surface area (TPSA) is 13.0 Å². The van der Waals surface area contributed by atoms with Gasteiger partial charge in [0.2, 0.25) is 0 Å². The van der Waals surface area contributed by atoms with Crippen LogP contribution in [0, 0.1) is 0 Å². The summed E-state index contributed by atoms with van der Waals surface area (Å²) in [6.45, 7) is 36.5. The van der Waals surface area contributed by atoms with Crippen molar-refractivity contribution in [2.45, 2.75) is 0 Å². The van der Waals surface area contributed by atoms with Crippen LogP contribution < -0.4 is 0 Å². The van der Waals surface area contributed by atoms with Crippen molar-refractivity contribution < 1.29 is 9.41 Å². The fourth-order valence-electron chi connectivity index (χ4n) is 2.04. The van der Waals surface area contributed by atoms with Crippen molar-refractivity contribution in [2.24, 2.45) is 0 Å². The summed E-state index contributed by atoms with van der Waals surface area (Å²) in [4.78, 5) is 0. The van der Waals surface area contributed by atoms with Gasteiger partial charge in [0.1, 0.15) is 0 Å². The molecule has 4 nitrogen and oxygen atoms in total. The van der Waals surface area contributed by atoms with Crippen molar-refractivity contribution in [1.29, 1.82) is 0 Å². The van der Waals surface area contributed by atoms with Gasteiger partial charge in [0.15, 0.2) is 0 Å². The van der Waals surface area contributed by atoms with Gasteiger partial charge in [-0.25, -0.2) is 17.2 Å². The highest BCUT2D eigenvalue weighted by Crippen LogP contribution is 2.16. The number of hydrogen-bond donors (Lipinski definition) is 0. The molecule has 0 radical (unpaired) electrons. The minimum Gasteiger partial charge on any atom is -0.269 e. The Bertz CT molecular complexity index is 400. The van der Waals surface area contributed by atoms with Crippen LogP contribution in [0.25, 0.3) is 0 Å². The van der Waals surface area contributed by atoms with Gasteiger partial charge in [0.05, 0.1) is 0 Å². The summed E-state index contributed by atoms with van der Waals surface area (Å²) < 4.78 is 8.69. The summed E-state index contributed by atoms with van der Waals surface area (Å²) in [6.07, 6.45) is 15.1. The summed E-state index contributed by atoms with van der Waals surface area (Å²) >= 11 is 3.34. The van der Waals surface area contributed by atoms with Crippen molar-refractivity contribution in [3.8, 4) is 0 Å². The molecule has 8 heteroatoms. The molecule has 0 aromatic carbocycles. The van der Waals surface area contributed by atoms with Gasteiger partial charge in [-0.2, -0.15) is 0 Å². The first-order valence-corrected chi connectivity index (χ1v) is 11.3. The fraction of sp³-hybridized carbons (Fsp3) is 0.333. The smallest absolute Gasteiger partial charge is 0.0283 e. The molecule has 0 spiro atoms. The molecule has 0 saturated carbocycles. The van der Waals surface area contributed by atoms with Crippen LogP contribution in [0.3, 0.4) is 0 Å². The lowest BCUT2D eigenvalue weighted by atomic mass is 10.5. The second kappa shape index (κ2) is 29.3. The first-order chi connectivity index (χ1) is 14.6. The Morgan fingerprint density at radius 2 is 0.469 bits per heavy atom.